The van der Waals surface area contributed by atoms with Crippen LogP contribution in [-0.2, 0) is 0 Å². The fraction of sp³-hybridized carbons (Fsp3) is 0.429. The van der Waals surface area contributed by atoms with Gasteiger partial charge in [0.1, 0.15) is 11.6 Å². The summed E-state index contributed by atoms with van der Waals surface area (Å²) in [6.07, 6.45) is 4.15. The number of thiophene rings is 1. The van der Waals surface area contributed by atoms with Crippen molar-refractivity contribution in [2.45, 2.75) is 19.8 Å². The summed E-state index contributed by atoms with van der Waals surface area (Å²) in [5, 5.41) is 3.15. The second-order valence-corrected chi connectivity index (χ2v) is 8.67. The van der Waals surface area contributed by atoms with Gasteiger partial charge in [0.25, 0.3) is 5.91 Å². The molecule has 5 heterocycles. The molecule has 0 spiro atoms. The first-order valence-corrected chi connectivity index (χ1v) is 11.0. The maximum absolute atomic E-state index is 13.2. The summed E-state index contributed by atoms with van der Waals surface area (Å²) in [7, 11) is 0. The molecule has 3 aromatic heterocycles. The lowest BCUT2D eigenvalue weighted by Crippen LogP contribution is -2.49. The Hall–Kier alpha value is -2.74. The highest BCUT2D eigenvalue weighted by Crippen LogP contribution is 2.33. The molecule has 2 fully saturated rings. The number of fused-ring (bicyclic) bond motifs is 1. The van der Waals surface area contributed by atoms with Gasteiger partial charge in [0.2, 0.25) is 5.82 Å². The number of hydrogen-bond acceptors (Lipinski definition) is 7. The number of aryl methyl sites for hydroxylation is 1. The van der Waals surface area contributed by atoms with Gasteiger partial charge in [-0.1, -0.05) is 6.07 Å². The summed E-state index contributed by atoms with van der Waals surface area (Å²) in [6, 6.07) is 5.92. The molecule has 0 radical (unpaired) electrons. The van der Waals surface area contributed by atoms with Gasteiger partial charge in [-0.05, 0) is 31.9 Å². The second kappa shape index (κ2) is 7.59. The van der Waals surface area contributed by atoms with Gasteiger partial charge in [-0.2, -0.15) is 0 Å². The zero-order valence-corrected chi connectivity index (χ0v) is 17.4. The number of aromatic nitrogens is 3. The minimum Gasteiger partial charge on any atom is -0.356 e. The standard InChI is InChI=1S/C21H24N6OS/c1-15-18-16(14-29-15)23-19(24-20(18)26-8-4-5-9-26)21(28)27-12-10-25(11-13-27)17-6-2-3-7-22-17/h2-3,6-7,14H,4-5,8-13H2,1H3. The molecule has 5 rings (SSSR count). The number of anilines is 2. The molecule has 150 valence electrons. The van der Waals surface area contributed by atoms with Crippen molar-refractivity contribution < 1.29 is 4.79 Å². The molecule has 8 heteroatoms. The molecule has 0 saturated carbocycles. The number of hydrogen-bond donors (Lipinski definition) is 0. The van der Waals surface area contributed by atoms with Crippen LogP contribution in [0.4, 0.5) is 11.6 Å². The Balaban J connectivity index is 1.39. The van der Waals surface area contributed by atoms with Gasteiger partial charge < -0.3 is 14.7 Å². The zero-order chi connectivity index (χ0) is 19.8. The number of carbonyl (C=O) groups excluding carboxylic acids is 1. The van der Waals surface area contributed by atoms with E-state index >= 15 is 0 Å². The van der Waals surface area contributed by atoms with Crippen LogP contribution in [0.15, 0.2) is 29.8 Å². The lowest BCUT2D eigenvalue weighted by Gasteiger charge is -2.35. The first-order valence-electron chi connectivity index (χ1n) is 10.2. The smallest absolute Gasteiger partial charge is 0.291 e. The highest BCUT2D eigenvalue weighted by molar-refractivity contribution is 7.11. The van der Waals surface area contributed by atoms with Crippen LogP contribution >= 0.6 is 11.3 Å². The van der Waals surface area contributed by atoms with Gasteiger partial charge in [0.05, 0.1) is 10.9 Å². The predicted octanol–water partition coefficient (Wildman–Crippen LogP) is 2.96. The van der Waals surface area contributed by atoms with Crippen LogP contribution in [0.25, 0.3) is 10.9 Å². The molecule has 0 bridgehead atoms. The maximum Gasteiger partial charge on any atom is 0.291 e. The summed E-state index contributed by atoms with van der Waals surface area (Å²) < 4.78 is 0. The van der Waals surface area contributed by atoms with Crippen molar-refractivity contribution in [1.82, 2.24) is 19.9 Å². The maximum atomic E-state index is 13.2. The van der Waals surface area contributed by atoms with E-state index in [1.54, 1.807) is 17.5 Å². The minimum atomic E-state index is -0.0723. The molecule has 0 aromatic carbocycles. The molecule has 2 aliphatic rings. The molecule has 29 heavy (non-hydrogen) atoms. The average molecular weight is 409 g/mol. The molecule has 3 aromatic rings. The Morgan fingerprint density at radius 1 is 1.00 bits per heavy atom. The van der Waals surface area contributed by atoms with Gasteiger partial charge in [0, 0.05) is 55.7 Å². The molecule has 1 amide bonds. The fourth-order valence-electron chi connectivity index (χ4n) is 4.17. The number of amides is 1. The molecule has 0 N–H and O–H groups in total. The Kier molecular flexibility index (Phi) is 4.79. The van der Waals surface area contributed by atoms with E-state index in [9.17, 15) is 4.79 Å². The van der Waals surface area contributed by atoms with Crippen LogP contribution in [-0.4, -0.2) is 65.0 Å². The van der Waals surface area contributed by atoms with Crippen LogP contribution in [0.1, 0.15) is 28.3 Å². The molecule has 2 saturated heterocycles. The highest BCUT2D eigenvalue weighted by Gasteiger charge is 2.27. The van der Waals surface area contributed by atoms with Gasteiger partial charge in [-0.15, -0.1) is 11.3 Å². The van der Waals surface area contributed by atoms with E-state index in [1.807, 2.05) is 28.5 Å². The second-order valence-electron chi connectivity index (χ2n) is 7.58. The zero-order valence-electron chi connectivity index (χ0n) is 16.5. The van der Waals surface area contributed by atoms with Crippen LogP contribution in [0.2, 0.25) is 0 Å². The van der Waals surface area contributed by atoms with Crippen molar-refractivity contribution in [2.75, 3.05) is 49.1 Å². The lowest BCUT2D eigenvalue weighted by atomic mass is 10.2. The number of pyridine rings is 1. The van der Waals surface area contributed by atoms with Gasteiger partial charge in [0.15, 0.2) is 0 Å². The number of carbonyl (C=O) groups is 1. The number of piperazine rings is 1. The molecule has 0 unspecified atom stereocenters. The molecule has 2 aliphatic heterocycles. The van der Waals surface area contributed by atoms with Crippen molar-refractivity contribution in [2.24, 2.45) is 0 Å². The topological polar surface area (TPSA) is 65.5 Å². The Bertz CT molecular complexity index is 1020. The monoisotopic (exact) mass is 408 g/mol. The van der Waals surface area contributed by atoms with Crippen LogP contribution in [0.3, 0.4) is 0 Å². The summed E-state index contributed by atoms with van der Waals surface area (Å²) in [6.45, 7) is 6.93. The fourth-order valence-corrected chi connectivity index (χ4v) is 4.94. The molecule has 0 atom stereocenters. The third-order valence-electron chi connectivity index (χ3n) is 5.75. The SMILES string of the molecule is Cc1scc2nc(C(=O)N3CCN(c4ccccn4)CC3)nc(N3CCCC3)c12. The Morgan fingerprint density at radius 3 is 2.52 bits per heavy atom. The van der Waals surface area contributed by atoms with Crippen molar-refractivity contribution in [3.05, 3.63) is 40.5 Å². The summed E-state index contributed by atoms with van der Waals surface area (Å²) in [5.41, 5.74) is 0.889. The molecular formula is C21H24N6OS. The summed E-state index contributed by atoms with van der Waals surface area (Å²) in [4.78, 5) is 34.6. The van der Waals surface area contributed by atoms with Gasteiger partial charge in [-0.25, -0.2) is 15.0 Å². The number of nitrogens with zero attached hydrogens (tertiary/aromatic N) is 6. The van der Waals surface area contributed by atoms with E-state index in [-0.39, 0.29) is 5.91 Å². The number of rotatable bonds is 3. The van der Waals surface area contributed by atoms with Crippen molar-refractivity contribution in [3.8, 4) is 0 Å². The van der Waals surface area contributed by atoms with E-state index in [1.165, 1.54) is 17.7 Å². The van der Waals surface area contributed by atoms with Crippen LogP contribution < -0.4 is 9.80 Å². The quantitative estimate of drug-likeness (QED) is 0.664. The highest BCUT2D eigenvalue weighted by atomic mass is 32.1. The lowest BCUT2D eigenvalue weighted by molar-refractivity contribution is 0.0734. The summed E-state index contributed by atoms with van der Waals surface area (Å²) >= 11 is 1.68. The van der Waals surface area contributed by atoms with Gasteiger partial charge in [-0.3, -0.25) is 4.79 Å². The van der Waals surface area contributed by atoms with E-state index in [2.05, 4.69) is 26.7 Å². The van der Waals surface area contributed by atoms with Crippen molar-refractivity contribution in [1.29, 1.82) is 0 Å². The first kappa shape index (κ1) is 18.3. The van der Waals surface area contributed by atoms with Gasteiger partial charge >= 0.3 is 0 Å². The molecule has 7 nitrogen and oxygen atoms in total. The van der Waals surface area contributed by atoms with Crippen LogP contribution in [0, 0.1) is 6.92 Å². The molecular weight excluding hydrogens is 384 g/mol. The van der Waals surface area contributed by atoms with E-state index < -0.39 is 0 Å². The van der Waals surface area contributed by atoms with E-state index in [0.717, 1.165) is 48.7 Å². The van der Waals surface area contributed by atoms with Crippen molar-refractivity contribution in [3.63, 3.8) is 0 Å². The van der Waals surface area contributed by atoms with E-state index in [0.29, 0.717) is 18.9 Å². The van der Waals surface area contributed by atoms with Crippen LogP contribution in [0.5, 0.6) is 0 Å². The Labute approximate surface area is 174 Å². The third-order valence-corrected chi connectivity index (χ3v) is 6.65. The predicted molar refractivity (Wildman–Crippen MR) is 116 cm³/mol. The Morgan fingerprint density at radius 2 is 1.79 bits per heavy atom. The van der Waals surface area contributed by atoms with E-state index in [4.69, 9.17) is 4.98 Å². The first-order chi connectivity index (χ1) is 14.2. The summed E-state index contributed by atoms with van der Waals surface area (Å²) in [5.74, 6) is 2.14. The normalized spacial score (nSPS) is 17.3. The largest absolute Gasteiger partial charge is 0.356 e. The van der Waals surface area contributed by atoms with Crippen molar-refractivity contribution >= 4 is 39.8 Å². The molecule has 0 aliphatic carbocycles. The average Bonchev–Trinajstić information content (AvgIpc) is 3.44. The minimum absolute atomic E-state index is 0.0723. The third kappa shape index (κ3) is 3.42.